The van der Waals surface area contributed by atoms with Crippen LogP contribution in [-0.4, -0.2) is 16.1 Å². The van der Waals surface area contributed by atoms with Gasteiger partial charge >= 0.3 is 5.97 Å². The summed E-state index contributed by atoms with van der Waals surface area (Å²) in [5.74, 6) is -0.658. The number of benzene rings is 2. The van der Waals surface area contributed by atoms with Gasteiger partial charge in [-0.05, 0) is 34.5 Å². The van der Waals surface area contributed by atoms with Gasteiger partial charge < -0.3 is 9.95 Å². The molecule has 1 heterocycles. The molecule has 0 radical (unpaired) electrons. The molecule has 0 fully saturated rings. The van der Waals surface area contributed by atoms with E-state index in [9.17, 15) is 4.79 Å². The van der Waals surface area contributed by atoms with Gasteiger partial charge in [0.1, 0.15) is 6.20 Å². The van der Waals surface area contributed by atoms with E-state index in [-0.39, 0.29) is 5.56 Å². The topological polar surface area (TPSA) is 54.5 Å². The Hall–Kier alpha value is -3.19. The average molecular weight is 274 g/mol. The number of hydrogen-bond donors (Lipinski definition) is 1. The van der Waals surface area contributed by atoms with E-state index in [1.165, 1.54) is 0 Å². The monoisotopic (exact) mass is 274 g/mol. The highest BCUT2D eigenvalue weighted by Gasteiger charge is 2.11. The van der Waals surface area contributed by atoms with Gasteiger partial charge in [-0.2, -0.15) is 0 Å². The summed E-state index contributed by atoms with van der Waals surface area (Å²) in [7, 11) is 0. The molecular formula is C17H10N2O2. The van der Waals surface area contributed by atoms with Crippen molar-refractivity contribution < 1.29 is 9.90 Å². The van der Waals surface area contributed by atoms with Crippen LogP contribution in [0.2, 0.25) is 0 Å². The molecule has 4 nitrogen and oxygen atoms in total. The molecule has 21 heavy (non-hydrogen) atoms. The van der Waals surface area contributed by atoms with Gasteiger partial charge in [-0.3, -0.25) is 0 Å². The van der Waals surface area contributed by atoms with Gasteiger partial charge in [0, 0.05) is 5.56 Å². The van der Waals surface area contributed by atoms with Gasteiger partial charge in [-0.25, -0.2) is 4.79 Å². The molecule has 0 saturated carbocycles. The Morgan fingerprint density at radius 2 is 1.90 bits per heavy atom. The summed E-state index contributed by atoms with van der Waals surface area (Å²) in [6, 6.07) is 14.3. The van der Waals surface area contributed by atoms with E-state index in [1.807, 2.05) is 24.3 Å². The number of carboxylic acid groups (broad SMARTS) is 1. The summed E-state index contributed by atoms with van der Waals surface area (Å²) >= 11 is 0. The number of carboxylic acids is 1. The van der Waals surface area contributed by atoms with Crippen LogP contribution in [0.25, 0.3) is 26.7 Å². The van der Waals surface area contributed by atoms with E-state index >= 15 is 0 Å². The van der Waals surface area contributed by atoms with E-state index in [0.29, 0.717) is 11.4 Å². The lowest BCUT2D eigenvalue weighted by atomic mass is 9.97. The fraction of sp³-hybridized carbons (Fsp3) is 0. The predicted molar refractivity (Wildman–Crippen MR) is 80.4 cm³/mol. The normalized spacial score (nSPS) is 10.2. The zero-order chi connectivity index (χ0) is 14.8. The molecule has 100 valence electrons. The van der Waals surface area contributed by atoms with Crippen LogP contribution < -0.4 is 0 Å². The smallest absolute Gasteiger partial charge is 0.335 e. The van der Waals surface area contributed by atoms with Crippen molar-refractivity contribution in [2.45, 2.75) is 0 Å². The summed E-state index contributed by atoms with van der Waals surface area (Å²) in [6.45, 7) is 7.22. The van der Waals surface area contributed by atoms with Crippen molar-refractivity contribution in [2.24, 2.45) is 0 Å². The Labute approximate surface area is 121 Å². The van der Waals surface area contributed by atoms with E-state index in [2.05, 4.69) is 9.83 Å². The van der Waals surface area contributed by atoms with Crippen LogP contribution in [0.4, 0.5) is 5.82 Å². The lowest BCUT2D eigenvalue weighted by molar-refractivity contribution is 0.0697. The molecule has 1 aromatic heterocycles. The molecule has 3 aromatic rings. The molecule has 0 saturated heterocycles. The van der Waals surface area contributed by atoms with Crippen molar-refractivity contribution in [3.8, 4) is 11.1 Å². The Balaban J connectivity index is 2.35. The molecule has 0 bridgehead atoms. The number of pyridine rings is 1. The molecule has 0 unspecified atom stereocenters. The minimum atomic E-state index is -0.969. The number of nitrogens with zero attached hydrogens (tertiary/aromatic N) is 2. The first-order chi connectivity index (χ1) is 10.2. The summed E-state index contributed by atoms with van der Waals surface area (Å²) in [5.41, 5.74) is 1.75. The summed E-state index contributed by atoms with van der Waals surface area (Å²) in [5, 5.41) is 10.9. The Morgan fingerprint density at radius 1 is 1.10 bits per heavy atom. The standard InChI is InChI=1S/C17H10N2O2/c1-18-16-14(6-3-9-19-16)13-5-2-4-11-7-8-12(17(20)21)10-15(11)13/h2-10H,(H,20,21). The van der Waals surface area contributed by atoms with Gasteiger partial charge in [-0.15, -0.1) is 4.98 Å². The van der Waals surface area contributed by atoms with Crippen LogP contribution in [0.3, 0.4) is 0 Å². The third-order valence-electron chi connectivity index (χ3n) is 3.31. The number of rotatable bonds is 2. The molecule has 0 aliphatic carbocycles. The van der Waals surface area contributed by atoms with Crippen molar-refractivity contribution >= 4 is 22.6 Å². The first-order valence-electron chi connectivity index (χ1n) is 6.29. The van der Waals surface area contributed by atoms with Gasteiger partial charge in [0.2, 0.25) is 0 Å². The van der Waals surface area contributed by atoms with Crippen LogP contribution >= 0.6 is 0 Å². The summed E-state index contributed by atoms with van der Waals surface area (Å²) < 4.78 is 0. The highest BCUT2D eigenvalue weighted by molar-refractivity contribution is 6.02. The molecule has 2 aromatic carbocycles. The molecule has 0 aliphatic rings. The second kappa shape index (κ2) is 5.06. The third kappa shape index (κ3) is 2.21. The highest BCUT2D eigenvalue weighted by Crippen LogP contribution is 2.34. The van der Waals surface area contributed by atoms with Crippen molar-refractivity contribution in [1.29, 1.82) is 0 Å². The van der Waals surface area contributed by atoms with Crippen molar-refractivity contribution in [3.05, 3.63) is 71.7 Å². The van der Waals surface area contributed by atoms with E-state index in [1.54, 1.807) is 30.5 Å². The molecule has 3 rings (SSSR count). The van der Waals surface area contributed by atoms with Crippen LogP contribution in [0, 0.1) is 6.57 Å². The summed E-state index contributed by atoms with van der Waals surface area (Å²) in [6.07, 6.45) is 1.57. The molecule has 0 amide bonds. The Morgan fingerprint density at radius 3 is 2.67 bits per heavy atom. The average Bonchev–Trinajstić information content (AvgIpc) is 2.53. The van der Waals surface area contributed by atoms with Crippen molar-refractivity contribution in [3.63, 3.8) is 0 Å². The maximum absolute atomic E-state index is 11.2. The maximum Gasteiger partial charge on any atom is 0.335 e. The number of fused-ring (bicyclic) bond motifs is 1. The lowest BCUT2D eigenvalue weighted by Crippen LogP contribution is -1.95. The van der Waals surface area contributed by atoms with Crippen molar-refractivity contribution in [2.75, 3.05) is 0 Å². The summed E-state index contributed by atoms with van der Waals surface area (Å²) in [4.78, 5) is 18.7. The number of aromatic carboxylic acids is 1. The van der Waals surface area contributed by atoms with Crippen LogP contribution in [0.15, 0.2) is 54.7 Å². The van der Waals surface area contributed by atoms with Gasteiger partial charge in [0.05, 0.1) is 5.56 Å². The van der Waals surface area contributed by atoms with Crippen LogP contribution in [0.1, 0.15) is 10.4 Å². The highest BCUT2D eigenvalue weighted by atomic mass is 16.4. The largest absolute Gasteiger partial charge is 0.478 e. The zero-order valence-corrected chi connectivity index (χ0v) is 10.9. The van der Waals surface area contributed by atoms with E-state index < -0.39 is 5.97 Å². The lowest BCUT2D eigenvalue weighted by Gasteiger charge is -2.09. The zero-order valence-electron chi connectivity index (χ0n) is 10.9. The molecule has 4 heteroatoms. The Kier molecular flexibility index (Phi) is 3.09. The maximum atomic E-state index is 11.2. The third-order valence-corrected chi connectivity index (χ3v) is 3.31. The van der Waals surface area contributed by atoms with E-state index in [4.69, 9.17) is 11.7 Å². The number of carbonyl (C=O) groups is 1. The molecule has 0 atom stereocenters. The van der Waals surface area contributed by atoms with Gasteiger partial charge in [0.25, 0.3) is 5.82 Å². The fourth-order valence-corrected chi connectivity index (χ4v) is 2.34. The second-order valence-corrected chi connectivity index (χ2v) is 4.53. The first kappa shape index (κ1) is 12.8. The quantitative estimate of drug-likeness (QED) is 0.714. The fourth-order valence-electron chi connectivity index (χ4n) is 2.34. The van der Waals surface area contributed by atoms with Gasteiger partial charge in [0.15, 0.2) is 0 Å². The second-order valence-electron chi connectivity index (χ2n) is 4.53. The molecular weight excluding hydrogens is 264 g/mol. The predicted octanol–water partition coefficient (Wildman–Crippen LogP) is 4.15. The first-order valence-corrected chi connectivity index (χ1v) is 6.29. The number of hydrogen-bond acceptors (Lipinski definition) is 2. The number of aromatic nitrogens is 1. The Bertz CT molecular complexity index is 895. The van der Waals surface area contributed by atoms with Crippen molar-refractivity contribution in [1.82, 2.24) is 4.98 Å². The molecule has 0 spiro atoms. The van der Waals surface area contributed by atoms with Gasteiger partial charge in [-0.1, -0.05) is 36.9 Å². The van der Waals surface area contributed by atoms with E-state index in [0.717, 1.165) is 16.3 Å². The SMILES string of the molecule is [C-]#[N+]c1ncccc1-c1cccc2ccc(C(=O)O)cc12. The van der Waals surface area contributed by atoms with Crippen LogP contribution in [-0.2, 0) is 0 Å². The minimum Gasteiger partial charge on any atom is -0.478 e. The van der Waals surface area contributed by atoms with Crippen LogP contribution in [0.5, 0.6) is 0 Å². The minimum absolute atomic E-state index is 0.225. The molecule has 1 N–H and O–H groups in total. The molecule has 0 aliphatic heterocycles.